The maximum atomic E-state index is 13.5. The number of aryl methyl sites for hydroxylation is 1. The summed E-state index contributed by atoms with van der Waals surface area (Å²) in [5.41, 5.74) is 6.56. The molecule has 0 unspecified atom stereocenters. The number of aliphatic carboxylic acids is 1. The van der Waals surface area contributed by atoms with Crippen molar-refractivity contribution in [2.75, 3.05) is 6.54 Å². The van der Waals surface area contributed by atoms with Crippen LogP contribution in [0.1, 0.15) is 73.7 Å². The summed E-state index contributed by atoms with van der Waals surface area (Å²) < 4.78 is 2.34. The quantitative estimate of drug-likeness (QED) is 0.0968. The Bertz CT molecular complexity index is 1750. The first-order valence-electron chi connectivity index (χ1n) is 16.6. The number of hydrogen-bond acceptors (Lipinski definition) is 2. The first kappa shape index (κ1) is 34.3. The lowest BCUT2D eigenvalue weighted by Gasteiger charge is -2.19. The fraction of sp³-hybridized carbons (Fsp3) is 0.300. The normalized spacial score (nSPS) is 11.2. The van der Waals surface area contributed by atoms with Crippen LogP contribution < -0.4 is 5.32 Å². The molecule has 0 aliphatic carbocycles. The number of carboxylic acid groups (broad SMARTS) is 1. The Balaban J connectivity index is 1.22. The summed E-state index contributed by atoms with van der Waals surface area (Å²) in [6, 6.07) is 29.8. The van der Waals surface area contributed by atoms with E-state index < -0.39 is 5.97 Å². The standard InChI is InChI=1S/C40H42Cl2N2O3/c41-33-16-11-14-30(25-33)36-27-32(28-37(31-15-12-17-34(42)26-31)35(36)18-6-8-20-39(45)46)40(47)43-22-9-3-1-2-4-10-23-44-24-21-29-13-5-7-19-38(29)44/h5,7,11-17,19,21,24-28H,1-4,6,8-10,18,20,22-23H2,(H,43,47)(H,45,46). The maximum Gasteiger partial charge on any atom is 0.303 e. The number of rotatable bonds is 17. The van der Waals surface area contributed by atoms with Crippen LogP contribution >= 0.6 is 23.2 Å². The third kappa shape index (κ3) is 9.73. The summed E-state index contributed by atoms with van der Waals surface area (Å²) in [4.78, 5) is 24.7. The number of para-hydroxylation sites is 1. The summed E-state index contributed by atoms with van der Waals surface area (Å²) in [6.07, 6.45) is 10.9. The number of carbonyl (C=O) groups excluding carboxylic acids is 1. The molecule has 1 aromatic heterocycles. The second-order valence-corrected chi connectivity index (χ2v) is 13.0. The van der Waals surface area contributed by atoms with Gasteiger partial charge in [0.2, 0.25) is 0 Å². The SMILES string of the molecule is O=C(O)CCCCc1c(-c2cccc(Cl)c2)cc(C(=O)NCCCCCCCCn2ccc3ccccc32)cc1-c1cccc(Cl)c1. The Morgan fingerprint density at radius 2 is 1.32 bits per heavy atom. The zero-order valence-corrected chi connectivity index (χ0v) is 28.2. The summed E-state index contributed by atoms with van der Waals surface area (Å²) in [7, 11) is 0. The van der Waals surface area contributed by atoms with Gasteiger partial charge in [-0.2, -0.15) is 0 Å². The van der Waals surface area contributed by atoms with Gasteiger partial charge in [-0.05, 0) is 114 Å². The van der Waals surface area contributed by atoms with E-state index in [0.717, 1.165) is 60.0 Å². The summed E-state index contributed by atoms with van der Waals surface area (Å²) in [5, 5.41) is 14.8. The zero-order valence-electron chi connectivity index (χ0n) is 26.7. The minimum absolute atomic E-state index is 0.116. The number of nitrogens with one attached hydrogen (secondary N) is 1. The third-order valence-electron chi connectivity index (χ3n) is 8.64. The molecule has 4 aromatic carbocycles. The van der Waals surface area contributed by atoms with E-state index in [4.69, 9.17) is 23.2 Å². The first-order chi connectivity index (χ1) is 22.9. The van der Waals surface area contributed by atoms with E-state index in [0.29, 0.717) is 41.4 Å². The van der Waals surface area contributed by atoms with Crippen LogP contribution in [0.25, 0.3) is 33.2 Å². The van der Waals surface area contributed by atoms with Crippen molar-refractivity contribution in [2.45, 2.75) is 70.8 Å². The van der Waals surface area contributed by atoms with Gasteiger partial charge in [0, 0.05) is 46.8 Å². The van der Waals surface area contributed by atoms with Gasteiger partial charge < -0.3 is 15.0 Å². The molecule has 2 N–H and O–H groups in total. The van der Waals surface area contributed by atoms with Crippen LogP contribution in [0.4, 0.5) is 0 Å². The smallest absolute Gasteiger partial charge is 0.303 e. The lowest BCUT2D eigenvalue weighted by atomic mass is 9.86. The van der Waals surface area contributed by atoms with Crippen LogP contribution in [0.2, 0.25) is 10.0 Å². The van der Waals surface area contributed by atoms with Gasteiger partial charge in [0.25, 0.3) is 5.91 Å². The minimum atomic E-state index is -0.802. The lowest BCUT2D eigenvalue weighted by Crippen LogP contribution is -2.24. The molecule has 0 aliphatic heterocycles. The van der Waals surface area contributed by atoms with Gasteiger partial charge in [-0.25, -0.2) is 0 Å². The highest BCUT2D eigenvalue weighted by Crippen LogP contribution is 2.37. The van der Waals surface area contributed by atoms with Gasteiger partial charge in [0.05, 0.1) is 0 Å². The third-order valence-corrected chi connectivity index (χ3v) is 9.11. The highest BCUT2D eigenvalue weighted by molar-refractivity contribution is 6.31. The molecule has 0 spiro atoms. The van der Waals surface area contributed by atoms with E-state index in [1.807, 2.05) is 60.7 Å². The van der Waals surface area contributed by atoms with E-state index in [-0.39, 0.29) is 12.3 Å². The van der Waals surface area contributed by atoms with Crippen molar-refractivity contribution in [1.82, 2.24) is 9.88 Å². The highest BCUT2D eigenvalue weighted by atomic mass is 35.5. The topological polar surface area (TPSA) is 71.3 Å². The van der Waals surface area contributed by atoms with Crippen LogP contribution in [0.3, 0.4) is 0 Å². The number of aromatic nitrogens is 1. The van der Waals surface area contributed by atoms with Gasteiger partial charge >= 0.3 is 5.97 Å². The molecule has 0 radical (unpaired) electrons. The number of halogens is 2. The number of carboxylic acids is 1. The number of unbranched alkanes of at least 4 members (excludes halogenated alkanes) is 6. The van der Waals surface area contributed by atoms with Crippen molar-refractivity contribution in [2.24, 2.45) is 0 Å². The Labute approximate surface area is 287 Å². The molecule has 1 heterocycles. The van der Waals surface area contributed by atoms with E-state index in [1.54, 1.807) is 0 Å². The largest absolute Gasteiger partial charge is 0.481 e. The molecule has 0 bridgehead atoms. The van der Waals surface area contributed by atoms with Crippen molar-refractivity contribution in [3.8, 4) is 22.3 Å². The Hall–Kier alpha value is -4.06. The highest BCUT2D eigenvalue weighted by Gasteiger charge is 2.18. The molecule has 7 heteroatoms. The van der Waals surface area contributed by atoms with Crippen molar-refractivity contribution >= 4 is 46.0 Å². The van der Waals surface area contributed by atoms with Gasteiger partial charge in [-0.1, -0.05) is 91.3 Å². The first-order valence-corrected chi connectivity index (χ1v) is 17.4. The monoisotopic (exact) mass is 668 g/mol. The number of nitrogens with zero attached hydrogens (tertiary/aromatic N) is 1. The summed E-state index contributed by atoms with van der Waals surface area (Å²) in [5.74, 6) is -0.920. The van der Waals surface area contributed by atoms with E-state index in [2.05, 4.69) is 46.4 Å². The molecule has 5 aromatic rings. The molecule has 0 atom stereocenters. The number of carbonyl (C=O) groups is 2. The van der Waals surface area contributed by atoms with Crippen molar-refractivity contribution in [3.05, 3.63) is 118 Å². The molecule has 0 fully saturated rings. The molecule has 5 rings (SSSR count). The summed E-state index contributed by atoms with van der Waals surface area (Å²) >= 11 is 12.8. The number of fused-ring (bicyclic) bond motifs is 1. The fourth-order valence-corrected chi connectivity index (χ4v) is 6.61. The van der Waals surface area contributed by atoms with Crippen LogP contribution in [0.5, 0.6) is 0 Å². The Kier molecular flexibility index (Phi) is 12.5. The van der Waals surface area contributed by atoms with Crippen LogP contribution in [0, 0.1) is 0 Å². The molecule has 0 saturated heterocycles. The van der Waals surface area contributed by atoms with Gasteiger partial charge in [0.1, 0.15) is 0 Å². The average molecular weight is 670 g/mol. The van der Waals surface area contributed by atoms with Crippen molar-refractivity contribution in [1.29, 1.82) is 0 Å². The fourth-order valence-electron chi connectivity index (χ4n) is 6.23. The van der Waals surface area contributed by atoms with Crippen molar-refractivity contribution in [3.63, 3.8) is 0 Å². The molecule has 0 aliphatic rings. The molecule has 244 valence electrons. The second kappa shape index (κ2) is 17.2. The zero-order chi connectivity index (χ0) is 33.0. The predicted molar refractivity (Wildman–Crippen MR) is 194 cm³/mol. The second-order valence-electron chi connectivity index (χ2n) is 12.1. The molecule has 1 amide bonds. The number of amides is 1. The van der Waals surface area contributed by atoms with E-state index in [9.17, 15) is 14.7 Å². The van der Waals surface area contributed by atoms with Crippen molar-refractivity contribution < 1.29 is 14.7 Å². The predicted octanol–water partition coefficient (Wildman–Crippen LogP) is 10.9. The van der Waals surface area contributed by atoms with Gasteiger partial charge in [-0.3, -0.25) is 9.59 Å². The molecule has 47 heavy (non-hydrogen) atoms. The molecular formula is C40H42Cl2N2O3. The number of benzene rings is 4. The molecule has 5 nitrogen and oxygen atoms in total. The van der Waals surface area contributed by atoms with Gasteiger partial charge in [-0.15, -0.1) is 0 Å². The maximum absolute atomic E-state index is 13.5. The Morgan fingerprint density at radius 1 is 0.681 bits per heavy atom. The Morgan fingerprint density at radius 3 is 1.98 bits per heavy atom. The molecular weight excluding hydrogens is 627 g/mol. The van der Waals surface area contributed by atoms with Crippen LogP contribution in [-0.4, -0.2) is 28.1 Å². The average Bonchev–Trinajstić information content (AvgIpc) is 3.48. The van der Waals surface area contributed by atoms with Gasteiger partial charge in [0.15, 0.2) is 0 Å². The molecule has 0 saturated carbocycles. The number of hydrogen-bond donors (Lipinski definition) is 2. The van der Waals surface area contributed by atoms with E-state index >= 15 is 0 Å². The van der Waals surface area contributed by atoms with Crippen LogP contribution in [-0.2, 0) is 17.8 Å². The van der Waals surface area contributed by atoms with E-state index in [1.165, 1.54) is 23.7 Å². The van der Waals surface area contributed by atoms with Crippen LogP contribution in [0.15, 0.2) is 97.2 Å². The summed E-state index contributed by atoms with van der Waals surface area (Å²) in [6.45, 7) is 1.66. The minimum Gasteiger partial charge on any atom is -0.481 e. The lowest BCUT2D eigenvalue weighted by molar-refractivity contribution is -0.137.